The maximum Gasteiger partial charge on any atom is 0.245 e. The lowest BCUT2D eigenvalue weighted by molar-refractivity contribution is -0.150. The van der Waals surface area contributed by atoms with Crippen molar-refractivity contribution >= 4 is 29.3 Å². The van der Waals surface area contributed by atoms with Gasteiger partial charge in [-0.3, -0.25) is 19.3 Å². The van der Waals surface area contributed by atoms with Crippen LogP contribution >= 0.6 is 11.6 Å². The molecule has 228 valence electrons. The second kappa shape index (κ2) is 13.0. The molecule has 41 heavy (non-hydrogen) atoms. The summed E-state index contributed by atoms with van der Waals surface area (Å²) in [6.07, 6.45) is 2.31. The lowest BCUT2D eigenvalue weighted by atomic mass is 9.86. The number of carbonyl (C=O) groups is 3. The zero-order chi connectivity index (χ0) is 30.1. The van der Waals surface area contributed by atoms with E-state index in [0.717, 1.165) is 12.8 Å². The van der Waals surface area contributed by atoms with Gasteiger partial charge in [0.15, 0.2) is 0 Å². The van der Waals surface area contributed by atoms with Gasteiger partial charge in [0, 0.05) is 75.4 Å². The molecule has 1 aromatic carbocycles. The minimum atomic E-state index is -0.621. The van der Waals surface area contributed by atoms with Crippen LogP contribution in [0.1, 0.15) is 72.3 Å². The molecule has 0 bridgehead atoms. The summed E-state index contributed by atoms with van der Waals surface area (Å²) in [5.41, 5.74) is 0.373. The lowest BCUT2D eigenvalue weighted by Crippen LogP contribution is -2.63. The highest BCUT2D eigenvalue weighted by molar-refractivity contribution is 6.30. The molecular weight excluding hydrogens is 547 g/mol. The number of benzene rings is 1. The molecule has 3 fully saturated rings. The smallest absolute Gasteiger partial charge is 0.245 e. The maximum absolute atomic E-state index is 15.2. The summed E-state index contributed by atoms with van der Waals surface area (Å²) in [4.78, 5) is 45.8. The number of carbonyl (C=O) groups excluding carboxylic acids is 3. The zero-order valence-electron chi connectivity index (χ0n) is 25.3. The average Bonchev–Trinajstić information content (AvgIpc) is 3.33. The van der Waals surface area contributed by atoms with Crippen LogP contribution in [0.3, 0.4) is 0 Å². The fourth-order valence-corrected chi connectivity index (χ4v) is 6.92. The molecule has 0 radical (unpaired) electrons. The minimum Gasteiger partial charge on any atom is -0.381 e. The van der Waals surface area contributed by atoms with Crippen molar-refractivity contribution in [2.24, 2.45) is 11.3 Å². The SMILES string of the molecule is CC(=O)N[C@@H](CC(C)(C)C)C(=O)N1C[C@H](C)N(C(=O)[C@@H]2CN(C3CCOCC3)C[C@H]2c2ccc(Cl)cc2F)C[C@H]1C. The van der Waals surface area contributed by atoms with E-state index in [9.17, 15) is 14.4 Å². The van der Waals surface area contributed by atoms with Crippen LogP contribution in [0.4, 0.5) is 4.39 Å². The molecule has 5 atom stereocenters. The molecule has 0 aromatic heterocycles. The van der Waals surface area contributed by atoms with Gasteiger partial charge in [0.1, 0.15) is 11.9 Å². The number of likely N-dealkylation sites (tertiary alicyclic amines) is 1. The van der Waals surface area contributed by atoms with E-state index in [2.05, 4.69) is 10.2 Å². The quantitative estimate of drug-likeness (QED) is 0.539. The van der Waals surface area contributed by atoms with Crippen LogP contribution in [0.5, 0.6) is 0 Å². The summed E-state index contributed by atoms with van der Waals surface area (Å²) in [6.45, 7) is 14.8. The van der Waals surface area contributed by atoms with Gasteiger partial charge in [0.05, 0.1) is 5.92 Å². The van der Waals surface area contributed by atoms with Gasteiger partial charge in [0.25, 0.3) is 0 Å². The molecule has 0 saturated carbocycles. The Morgan fingerprint density at radius 2 is 1.68 bits per heavy atom. The number of nitrogens with one attached hydrogen (secondary N) is 1. The third kappa shape index (κ3) is 7.59. The van der Waals surface area contributed by atoms with E-state index in [0.29, 0.717) is 62.4 Å². The van der Waals surface area contributed by atoms with Crippen LogP contribution in [0, 0.1) is 17.2 Å². The van der Waals surface area contributed by atoms with E-state index in [1.165, 1.54) is 13.0 Å². The molecule has 8 nitrogen and oxygen atoms in total. The minimum absolute atomic E-state index is 0.00143. The second-order valence-electron chi connectivity index (χ2n) is 13.4. The highest BCUT2D eigenvalue weighted by Gasteiger charge is 2.46. The predicted octanol–water partition coefficient (Wildman–Crippen LogP) is 4.06. The number of hydrogen-bond acceptors (Lipinski definition) is 5. The van der Waals surface area contributed by atoms with Crippen molar-refractivity contribution in [3.8, 4) is 0 Å². The Hall–Kier alpha value is -2.23. The first-order valence-electron chi connectivity index (χ1n) is 14.9. The number of amides is 3. The molecule has 3 amide bonds. The molecule has 0 unspecified atom stereocenters. The highest BCUT2D eigenvalue weighted by atomic mass is 35.5. The Kier molecular flexibility index (Phi) is 10.0. The third-order valence-corrected chi connectivity index (χ3v) is 9.01. The maximum atomic E-state index is 15.2. The number of rotatable bonds is 6. The van der Waals surface area contributed by atoms with Crippen LogP contribution in [-0.2, 0) is 19.1 Å². The molecule has 3 aliphatic rings. The summed E-state index contributed by atoms with van der Waals surface area (Å²) in [5, 5.41) is 3.18. The molecule has 0 spiro atoms. The standard InChI is InChI=1S/C31H46ClFN4O4/c1-19-16-37(30(40)28(34-21(3)38)14-31(4,5)6)20(2)15-36(19)29(39)26-18-35(23-9-11-41-12-10-23)17-25(26)24-8-7-22(32)13-27(24)33/h7-8,13,19-20,23,25-26,28H,9-12,14-18H2,1-6H3,(H,34,38)/t19-,20+,25-,26+,28-/m0/s1. The van der Waals surface area contributed by atoms with E-state index in [-0.39, 0.29) is 47.0 Å². The van der Waals surface area contributed by atoms with Crippen molar-refractivity contribution in [2.45, 2.75) is 90.9 Å². The molecule has 1 N–H and O–H groups in total. The van der Waals surface area contributed by atoms with E-state index >= 15 is 4.39 Å². The van der Waals surface area contributed by atoms with Gasteiger partial charge in [-0.1, -0.05) is 38.4 Å². The molecule has 4 rings (SSSR count). The van der Waals surface area contributed by atoms with Crippen LogP contribution in [0.25, 0.3) is 0 Å². The molecule has 3 saturated heterocycles. The van der Waals surface area contributed by atoms with E-state index in [1.807, 2.05) is 39.5 Å². The number of nitrogens with zero attached hydrogens (tertiary/aromatic N) is 3. The van der Waals surface area contributed by atoms with Gasteiger partial charge in [-0.15, -0.1) is 0 Å². The van der Waals surface area contributed by atoms with E-state index in [1.54, 1.807) is 17.0 Å². The molecule has 10 heteroatoms. The van der Waals surface area contributed by atoms with Crippen LogP contribution < -0.4 is 5.32 Å². The summed E-state index contributed by atoms with van der Waals surface area (Å²) in [5.74, 6) is -1.43. The Morgan fingerprint density at radius 1 is 1.05 bits per heavy atom. The summed E-state index contributed by atoms with van der Waals surface area (Å²) >= 11 is 6.06. The van der Waals surface area contributed by atoms with Gasteiger partial charge < -0.3 is 19.9 Å². The van der Waals surface area contributed by atoms with Crippen LogP contribution in [0.15, 0.2) is 18.2 Å². The first-order valence-corrected chi connectivity index (χ1v) is 15.3. The first-order chi connectivity index (χ1) is 19.2. The van der Waals surface area contributed by atoms with Gasteiger partial charge >= 0.3 is 0 Å². The Morgan fingerprint density at radius 3 is 2.29 bits per heavy atom. The topological polar surface area (TPSA) is 82.2 Å². The fraction of sp³-hybridized carbons (Fsp3) is 0.710. The molecule has 0 aliphatic carbocycles. The Labute approximate surface area is 248 Å². The summed E-state index contributed by atoms with van der Waals surface area (Å²) in [7, 11) is 0. The van der Waals surface area contributed by atoms with Crippen molar-refractivity contribution < 1.29 is 23.5 Å². The van der Waals surface area contributed by atoms with Gasteiger partial charge in [-0.25, -0.2) is 4.39 Å². The monoisotopic (exact) mass is 592 g/mol. The largest absolute Gasteiger partial charge is 0.381 e. The van der Waals surface area contributed by atoms with Crippen molar-refractivity contribution in [1.82, 2.24) is 20.0 Å². The van der Waals surface area contributed by atoms with E-state index in [4.69, 9.17) is 16.3 Å². The second-order valence-corrected chi connectivity index (χ2v) is 13.8. The summed E-state index contributed by atoms with van der Waals surface area (Å²) in [6, 6.07) is 3.98. The molecule has 3 heterocycles. The Bertz CT molecular complexity index is 1120. The van der Waals surface area contributed by atoms with Crippen molar-refractivity contribution in [1.29, 1.82) is 0 Å². The number of hydrogen-bond donors (Lipinski definition) is 1. The highest BCUT2D eigenvalue weighted by Crippen LogP contribution is 2.39. The number of piperazine rings is 1. The molecular formula is C31H46ClFN4O4. The van der Waals surface area contributed by atoms with Crippen molar-refractivity contribution in [2.75, 3.05) is 39.4 Å². The molecule has 1 aromatic rings. The Balaban J connectivity index is 1.53. The normalized spacial score (nSPS) is 27.1. The fourth-order valence-electron chi connectivity index (χ4n) is 6.76. The van der Waals surface area contributed by atoms with Crippen molar-refractivity contribution in [3.05, 3.63) is 34.6 Å². The lowest BCUT2D eigenvalue weighted by Gasteiger charge is -2.46. The average molecular weight is 593 g/mol. The predicted molar refractivity (Wildman–Crippen MR) is 157 cm³/mol. The number of ether oxygens (including phenoxy) is 1. The van der Waals surface area contributed by atoms with Gasteiger partial charge in [-0.2, -0.15) is 0 Å². The van der Waals surface area contributed by atoms with Crippen LogP contribution in [-0.4, -0.2) is 96.0 Å². The number of halogens is 2. The summed E-state index contributed by atoms with van der Waals surface area (Å²) < 4.78 is 20.8. The van der Waals surface area contributed by atoms with Gasteiger partial charge in [-0.05, 0) is 56.2 Å². The third-order valence-electron chi connectivity index (χ3n) is 8.78. The zero-order valence-corrected chi connectivity index (χ0v) is 26.0. The van der Waals surface area contributed by atoms with Crippen LogP contribution in [0.2, 0.25) is 5.02 Å². The molecule has 3 aliphatic heterocycles. The van der Waals surface area contributed by atoms with E-state index < -0.39 is 12.0 Å². The van der Waals surface area contributed by atoms with Crippen molar-refractivity contribution in [3.63, 3.8) is 0 Å². The first kappa shape index (κ1) is 31.7. The van der Waals surface area contributed by atoms with Gasteiger partial charge in [0.2, 0.25) is 17.7 Å².